The monoisotopic (exact) mass is 1150 g/mol. The Morgan fingerprint density at radius 3 is 1.18 bits per heavy atom. The summed E-state index contributed by atoms with van der Waals surface area (Å²) >= 11 is 6.05. The van der Waals surface area contributed by atoms with Gasteiger partial charge < -0.3 is 29.5 Å². The van der Waals surface area contributed by atoms with Crippen molar-refractivity contribution in [2.45, 2.75) is 65.2 Å². The molecule has 0 aliphatic rings. The molecule has 0 fully saturated rings. The maximum absolute atomic E-state index is 12.6. The minimum Gasteiger partial charge on any atom is -0.493 e. The van der Waals surface area contributed by atoms with Crippen LogP contribution in [0.5, 0.6) is 11.5 Å². The fourth-order valence-corrected chi connectivity index (χ4v) is 8.51. The first kappa shape index (κ1) is 63.9. The average Bonchev–Trinajstić information content (AvgIpc) is 3.49. The molecule has 0 amide bonds. The normalized spacial score (nSPS) is 10.8. The molecule has 8 aromatic rings. The number of hydrogen-bond acceptors (Lipinski definition) is 7. The van der Waals surface area contributed by atoms with E-state index in [-0.39, 0.29) is 31.7 Å². The van der Waals surface area contributed by atoms with Gasteiger partial charge in [0.2, 0.25) is 0 Å². The van der Waals surface area contributed by atoms with E-state index in [1.54, 1.807) is 79.7 Å². The lowest BCUT2D eigenvalue weighted by atomic mass is 9.97. The van der Waals surface area contributed by atoms with E-state index < -0.39 is 41.4 Å². The molecule has 8 aromatic carbocycles. The van der Waals surface area contributed by atoms with Gasteiger partial charge in [0, 0.05) is 16.1 Å². The highest BCUT2D eigenvalue weighted by Crippen LogP contribution is 2.37. The number of rotatable bonds is 18. The minimum absolute atomic E-state index is 0.0122. The van der Waals surface area contributed by atoms with E-state index in [4.69, 9.17) is 41.1 Å². The smallest absolute Gasteiger partial charge is 0.416 e. The number of carbonyl (C=O) groups is 4. The van der Waals surface area contributed by atoms with E-state index in [0.717, 1.165) is 80.9 Å². The van der Waals surface area contributed by atoms with E-state index in [1.807, 2.05) is 73.7 Å². The van der Waals surface area contributed by atoms with Crippen LogP contribution in [0.15, 0.2) is 188 Å². The number of para-hydroxylation sites is 1. The third-order valence-corrected chi connectivity index (χ3v) is 12.2. The molecule has 0 saturated heterocycles. The van der Waals surface area contributed by atoms with Gasteiger partial charge in [0.25, 0.3) is 0 Å². The largest absolute Gasteiger partial charge is 0.493 e. The molecule has 0 radical (unpaired) electrons. The summed E-state index contributed by atoms with van der Waals surface area (Å²) < 4.78 is 91.5. The number of esters is 1. The van der Waals surface area contributed by atoms with Crippen molar-refractivity contribution in [2.75, 3.05) is 19.8 Å². The highest BCUT2D eigenvalue weighted by molar-refractivity contribution is 6.31. The molecule has 0 bridgehead atoms. The summed E-state index contributed by atoms with van der Waals surface area (Å²) in [6.45, 7) is 7.16. The van der Waals surface area contributed by atoms with Gasteiger partial charge in [0.1, 0.15) is 11.5 Å². The molecule has 82 heavy (non-hydrogen) atoms. The Morgan fingerprint density at radius 2 is 0.780 bits per heavy atom. The summed E-state index contributed by atoms with van der Waals surface area (Å²) in [5.41, 5.74) is 7.47. The molecule has 0 aromatic heterocycles. The van der Waals surface area contributed by atoms with Crippen LogP contribution in [0, 0.1) is 0 Å². The lowest BCUT2D eigenvalue weighted by molar-refractivity contribution is -0.142. The number of carbonyl (C=O) groups excluding carboxylic acids is 1. The summed E-state index contributed by atoms with van der Waals surface area (Å²) in [4.78, 5) is 44.4. The number of benzene rings is 8. The minimum atomic E-state index is -4.38. The van der Waals surface area contributed by atoms with Gasteiger partial charge in [-0.2, -0.15) is 26.3 Å². The Morgan fingerprint density at radius 1 is 0.415 bits per heavy atom. The van der Waals surface area contributed by atoms with Crippen LogP contribution >= 0.6 is 11.6 Å². The van der Waals surface area contributed by atoms with Gasteiger partial charge in [0.05, 0.1) is 56.6 Å². The van der Waals surface area contributed by atoms with E-state index in [9.17, 15) is 45.5 Å². The van der Waals surface area contributed by atoms with E-state index in [2.05, 4.69) is 6.92 Å². The maximum Gasteiger partial charge on any atom is 0.416 e. The van der Waals surface area contributed by atoms with E-state index in [0.29, 0.717) is 52.8 Å². The maximum atomic E-state index is 12.6. The second-order valence-corrected chi connectivity index (χ2v) is 18.3. The lowest BCUT2D eigenvalue weighted by Crippen LogP contribution is -2.08. The van der Waals surface area contributed by atoms with Crippen molar-refractivity contribution >= 4 is 35.5 Å². The van der Waals surface area contributed by atoms with Crippen LogP contribution in [0.4, 0.5) is 26.3 Å². The van der Waals surface area contributed by atoms with Crippen molar-refractivity contribution in [1.29, 1.82) is 0 Å². The molecule has 0 heterocycles. The van der Waals surface area contributed by atoms with Crippen molar-refractivity contribution in [3.05, 3.63) is 226 Å². The third-order valence-electron chi connectivity index (χ3n) is 12.0. The first-order chi connectivity index (χ1) is 39.1. The third kappa shape index (κ3) is 19.7. The fraction of sp³-hybridized carbons (Fsp3) is 0.200. The number of carboxylic acid groups (broad SMARTS) is 3. The van der Waals surface area contributed by atoms with Crippen molar-refractivity contribution in [2.24, 2.45) is 0 Å². The zero-order valence-corrected chi connectivity index (χ0v) is 45.7. The summed E-state index contributed by atoms with van der Waals surface area (Å²) in [6.07, 6.45) is -7.90. The Labute approximate surface area is 476 Å². The SMILES string of the molecule is CCCOc1ccccc1-c1ccccc1CC(=O)O.CCOC(=O)Cc1ccccc1-c1ccc(C(F)(F)F)cc1.CCOc1ccc(Cl)cc1-c1ccccc1CC(=O)O.O=C(O)Cc1ccccc1-c1ccc(C(F)(F)F)cc1. The molecule has 428 valence electrons. The van der Waals surface area contributed by atoms with Crippen LogP contribution in [0.3, 0.4) is 0 Å². The Hall–Kier alpha value is -8.89. The predicted octanol–water partition coefficient (Wildman–Crippen LogP) is 16.3. The summed E-state index contributed by atoms with van der Waals surface area (Å²) in [5.74, 6) is -1.53. The standard InChI is InChI=1S/C17H15F3O2.C17H18O3.C16H15ClO3.C15H11F3O2/c1-2-22-16(21)11-13-5-3-4-6-15(13)12-7-9-14(10-8-12)17(18,19)20;1-2-11-20-16-10-6-5-9-15(16)14-8-4-3-7-13(14)12-17(18)19;1-2-20-15-8-7-12(17)10-14(15)13-6-4-3-5-11(13)9-16(18)19;16-15(17,18)12-7-5-10(6-8-12)13-4-2-1-3-11(13)9-14(19)20/h3-10H,2,11H2,1H3;3-10H,2,11-12H2,1H3,(H,18,19);3-8,10H,2,9H2,1H3,(H,18,19);1-8H,9H2,(H,19,20). The van der Waals surface area contributed by atoms with Gasteiger partial charge in [-0.05, 0) is 124 Å². The highest BCUT2D eigenvalue weighted by atomic mass is 35.5. The second-order valence-electron chi connectivity index (χ2n) is 17.9. The molecule has 0 spiro atoms. The topological polar surface area (TPSA) is 157 Å². The van der Waals surface area contributed by atoms with Crippen molar-refractivity contribution in [3.8, 4) is 56.0 Å². The molecule has 0 aliphatic heterocycles. The van der Waals surface area contributed by atoms with Gasteiger partial charge in [-0.3, -0.25) is 19.2 Å². The number of hydrogen-bond donors (Lipinski definition) is 3. The van der Waals surface area contributed by atoms with Crippen molar-refractivity contribution in [3.63, 3.8) is 0 Å². The fourth-order valence-electron chi connectivity index (χ4n) is 8.34. The van der Waals surface area contributed by atoms with Crippen LogP contribution in [0.2, 0.25) is 5.02 Å². The van der Waals surface area contributed by atoms with E-state index >= 15 is 0 Å². The number of halogens is 7. The Kier molecular flexibility index (Phi) is 24.3. The molecular weight excluding hydrogens is 1090 g/mol. The van der Waals surface area contributed by atoms with Gasteiger partial charge >= 0.3 is 36.2 Å². The van der Waals surface area contributed by atoms with Crippen LogP contribution in [-0.4, -0.2) is 59.0 Å². The number of ether oxygens (including phenoxy) is 3. The van der Waals surface area contributed by atoms with Crippen molar-refractivity contribution in [1.82, 2.24) is 0 Å². The van der Waals surface area contributed by atoms with Crippen molar-refractivity contribution < 1.29 is 75.1 Å². The second kappa shape index (κ2) is 31.2. The summed E-state index contributed by atoms with van der Waals surface area (Å²) in [6, 6.07) is 51.5. The molecule has 8 rings (SSSR count). The van der Waals surface area contributed by atoms with Crippen LogP contribution in [-0.2, 0) is 62.0 Å². The zero-order chi connectivity index (χ0) is 59.8. The number of aliphatic carboxylic acids is 3. The van der Waals surface area contributed by atoms with Crippen LogP contribution in [0.1, 0.15) is 60.6 Å². The van der Waals surface area contributed by atoms with Gasteiger partial charge in [0.15, 0.2) is 0 Å². The average molecular weight is 1150 g/mol. The summed E-state index contributed by atoms with van der Waals surface area (Å²) in [7, 11) is 0. The van der Waals surface area contributed by atoms with Gasteiger partial charge in [-0.15, -0.1) is 0 Å². The zero-order valence-electron chi connectivity index (χ0n) is 44.9. The molecule has 17 heteroatoms. The molecule has 0 saturated carbocycles. The van der Waals surface area contributed by atoms with Gasteiger partial charge in [-0.25, -0.2) is 0 Å². The first-order valence-electron chi connectivity index (χ1n) is 25.8. The van der Waals surface area contributed by atoms with Crippen LogP contribution in [0.25, 0.3) is 44.5 Å². The molecular formula is C65H59ClF6O10. The molecule has 0 atom stereocenters. The molecule has 3 N–H and O–H groups in total. The number of carboxylic acids is 3. The molecule has 0 aliphatic carbocycles. The van der Waals surface area contributed by atoms with Gasteiger partial charge in [-0.1, -0.05) is 158 Å². The Bertz CT molecular complexity index is 3380. The van der Waals surface area contributed by atoms with Crippen LogP contribution < -0.4 is 9.47 Å². The number of alkyl halides is 6. The highest BCUT2D eigenvalue weighted by Gasteiger charge is 2.31. The van der Waals surface area contributed by atoms with E-state index in [1.165, 1.54) is 24.3 Å². The first-order valence-corrected chi connectivity index (χ1v) is 26.1. The lowest BCUT2D eigenvalue weighted by Gasteiger charge is -2.13. The summed E-state index contributed by atoms with van der Waals surface area (Å²) in [5, 5.41) is 27.5. The predicted molar refractivity (Wildman–Crippen MR) is 304 cm³/mol. The Balaban J connectivity index is 0.000000201. The molecule has 0 unspecified atom stereocenters. The molecule has 10 nitrogen and oxygen atoms in total. The quantitative estimate of drug-likeness (QED) is 0.0558.